The first-order valence-electron chi connectivity index (χ1n) is 7.12. The molecule has 2 aliphatic rings. The van der Waals surface area contributed by atoms with Crippen molar-refractivity contribution in [1.29, 1.82) is 0 Å². The number of thiophene rings is 1. The molecule has 4 rings (SSSR count). The molecule has 1 saturated carbocycles. The van der Waals surface area contributed by atoms with Gasteiger partial charge in [0.15, 0.2) is 0 Å². The largest absolute Gasteiger partial charge is 0.391 e. The second-order valence-corrected chi connectivity index (χ2v) is 7.10. The van der Waals surface area contributed by atoms with Gasteiger partial charge in [-0.25, -0.2) is 0 Å². The zero-order valence-corrected chi connectivity index (χ0v) is 13.5. The Hall–Kier alpha value is -0.990. The summed E-state index contributed by atoms with van der Waals surface area (Å²) in [6, 6.07) is 8.98. The molecule has 3 heteroatoms. The lowest BCUT2D eigenvalue weighted by molar-refractivity contribution is 0.404. The fraction of sp³-hybridized carbons (Fsp3) is 0.412. The zero-order valence-electron chi connectivity index (χ0n) is 11.9. The van der Waals surface area contributed by atoms with E-state index in [1.54, 1.807) is 5.57 Å². The van der Waals surface area contributed by atoms with E-state index in [4.69, 9.17) is 0 Å². The quantitative estimate of drug-likeness (QED) is 0.816. The summed E-state index contributed by atoms with van der Waals surface area (Å²) in [4.78, 5) is 0. The highest BCUT2D eigenvalue weighted by atomic mass is 35.5. The molecule has 1 aromatic carbocycles. The third kappa shape index (κ3) is 1.74. The Morgan fingerprint density at radius 3 is 2.95 bits per heavy atom. The maximum atomic E-state index is 3.53. The number of hydrogen-bond acceptors (Lipinski definition) is 2. The van der Waals surface area contributed by atoms with E-state index in [9.17, 15) is 0 Å². The summed E-state index contributed by atoms with van der Waals surface area (Å²) in [5, 5.41) is 7.12. The van der Waals surface area contributed by atoms with Crippen molar-refractivity contribution in [2.24, 2.45) is 11.3 Å². The molecule has 20 heavy (non-hydrogen) atoms. The van der Waals surface area contributed by atoms with Crippen molar-refractivity contribution in [2.75, 3.05) is 7.05 Å². The Morgan fingerprint density at radius 1 is 1.30 bits per heavy atom. The van der Waals surface area contributed by atoms with Crippen LogP contribution in [0.25, 0.3) is 15.7 Å². The van der Waals surface area contributed by atoms with Crippen molar-refractivity contribution < 1.29 is 0 Å². The normalized spacial score (nSPS) is 28.0. The number of rotatable bonds is 2. The highest BCUT2D eigenvalue weighted by Crippen LogP contribution is 2.59. The summed E-state index contributed by atoms with van der Waals surface area (Å²) in [6.07, 6.45) is 4.04. The summed E-state index contributed by atoms with van der Waals surface area (Å²) in [5.41, 5.74) is 4.98. The Morgan fingerprint density at radius 2 is 2.15 bits per heavy atom. The second-order valence-electron chi connectivity index (χ2n) is 6.18. The first-order chi connectivity index (χ1) is 9.23. The van der Waals surface area contributed by atoms with Gasteiger partial charge in [-0.1, -0.05) is 25.1 Å². The molecule has 1 heterocycles. The minimum Gasteiger partial charge on any atom is -0.391 e. The summed E-state index contributed by atoms with van der Waals surface area (Å²) in [7, 11) is 2.09. The van der Waals surface area contributed by atoms with Crippen LogP contribution in [0.1, 0.15) is 31.7 Å². The molecule has 106 valence electrons. The Kier molecular flexibility index (Phi) is 3.34. The smallest absolute Gasteiger partial charge is 0.0418 e. The molecule has 0 unspecified atom stereocenters. The molecule has 0 spiro atoms. The highest BCUT2D eigenvalue weighted by molar-refractivity contribution is 7.17. The Labute approximate surface area is 130 Å². The summed E-state index contributed by atoms with van der Waals surface area (Å²) >= 11 is 1.88. The third-order valence-electron chi connectivity index (χ3n) is 5.04. The van der Waals surface area contributed by atoms with Gasteiger partial charge >= 0.3 is 0 Å². The second kappa shape index (κ2) is 4.78. The number of nitrogens with one attached hydrogen (secondary N) is 1. The maximum absolute atomic E-state index is 3.53. The minimum absolute atomic E-state index is 0. The lowest BCUT2D eigenvalue weighted by Gasteiger charge is -2.27. The van der Waals surface area contributed by atoms with E-state index in [1.165, 1.54) is 40.6 Å². The van der Waals surface area contributed by atoms with Crippen LogP contribution in [-0.2, 0) is 0 Å². The molecule has 2 aromatic rings. The summed E-state index contributed by atoms with van der Waals surface area (Å²) < 4.78 is 1.46. The van der Waals surface area contributed by atoms with E-state index in [0.29, 0.717) is 5.41 Å². The van der Waals surface area contributed by atoms with Gasteiger partial charge < -0.3 is 5.32 Å². The molecule has 2 atom stereocenters. The molecule has 0 saturated heterocycles. The van der Waals surface area contributed by atoms with Crippen LogP contribution in [-0.4, -0.2) is 7.05 Å². The van der Waals surface area contributed by atoms with Crippen LogP contribution in [0.2, 0.25) is 0 Å². The van der Waals surface area contributed by atoms with E-state index in [0.717, 1.165) is 5.92 Å². The van der Waals surface area contributed by atoms with Gasteiger partial charge in [0.2, 0.25) is 0 Å². The Bertz CT molecular complexity index is 687. The fourth-order valence-corrected chi connectivity index (χ4v) is 5.17. The van der Waals surface area contributed by atoms with Crippen LogP contribution in [0.4, 0.5) is 0 Å². The highest BCUT2D eigenvalue weighted by Gasteiger charge is 2.47. The number of hydrogen-bond donors (Lipinski definition) is 1. The monoisotopic (exact) mass is 305 g/mol. The molecule has 1 nitrogen and oxygen atoms in total. The van der Waals surface area contributed by atoms with Crippen LogP contribution < -0.4 is 5.32 Å². The van der Waals surface area contributed by atoms with Crippen LogP contribution in [0.5, 0.6) is 0 Å². The standard InChI is InChI=1S/C17H19NS.ClH/c1-17-8-6-12(10-17)14(16(17)18-2)13-5-3-4-11-7-9-19-15(11)13;/h3-5,7,9,12,18H,6,8,10H2,1-2H3;1H/t12-,17+;/m0./s1. The van der Waals surface area contributed by atoms with Crippen molar-refractivity contribution in [3.05, 3.63) is 40.9 Å². The molecule has 0 radical (unpaired) electrons. The average Bonchev–Trinajstić information content (AvgIpc) is 3.08. The van der Waals surface area contributed by atoms with E-state index in [2.05, 4.69) is 48.9 Å². The van der Waals surface area contributed by atoms with Gasteiger partial charge in [-0.2, -0.15) is 0 Å². The average molecular weight is 306 g/mol. The lowest BCUT2D eigenvalue weighted by atomic mass is 9.83. The van der Waals surface area contributed by atoms with Crippen molar-refractivity contribution in [1.82, 2.24) is 5.32 Å². The van der Waals surface area contributed by atoms with Gasteiger partial charge in [-0.15, -0.1) is 23.7 Å². The van der Waals surface area contributed by atoms with Crippen LogP contribution >= 0.6 is 23.7 Å². The predicted molar refractivity (Wildman–Crippen MR) is 90.5 cm³/mol. The maximum Gasteiger partial charge on any atom is 0.0418 e. The molecule has 2 aliphatic carbocycles. The molecule has 0 aliphatic heterocycles. The van der Waals surface area contributed by atoms with Crippen LogP contribution in [0.15, 0.2) is 35.3 Å². The first-order valence-corrected chi connectivity index (χ1v) is 8.00. The van der Waals surface area contributed by atoms with Crippen LogP contribution in [0.3, 0.4) is 0 Å². The van der Waals surface area contributed by atoms with Gasteiger partial charge in [-0.3, -0.25) is 0 Å². The topological polar surface area (TPSA) is 12.0 Å². The molecular weight excluding hydrogens is 286 g/mol. The first kappa shape index (κ1) is 14.0. The lowest BCUT2D eigenvalue weighted by Crippen LogP contribution is -2.23. The number of allylic oxidation sites excluding steroid dienone is 2. The van der Waals surface area contributed by atoms with E-state index < -0.39 is 0 Å². The van der Waals surface area contributed by atoms with E-state index in [-0.39, 0.29) is 12.4 Å². The predicted octanol–water partition coefficient (Wildman–Crippen LogP) is 5.07. The zero-order chi connectivity index (χ0) is 13.0. The Balaban J connectivity index is 0.00000121. The van der Waals surface area contributed by atoms with E-state index >= 15 is 0 Å². The van der Waals surface area contributed by atoms with Crippen molar-refractivity contribution in [2.45, 2.75) is 26.2 Å². The number of halogens is 1. The number of fused-ring (bicyclic) bond motifs is 3. The van der Waals surface area contributed by atoms with E-state index in [1.807, 2.05) is 11.3 Å². The van der Waals surface area contributed by atoms with Gasteiger partial charge in [0.05, 0.1) is 0 Å². The van der Waals surface area contributed by atoms with Gasteiger partial charge in [-0.05, 0) is 53.1 Å². The molecule has 1 aromatic heterocycles. The molecule has 0 amide bonds. The van der Waals surface area contributed by atoms with Gasteiger partial charge in [0.1, 0.15) is 0 Å². The summed E-state index contributed by atoms with van der Waals surface area (Å²) in [6.45, 7) is 2.43. The molecular formula is C17H20ClNS. The molecule has 1 fully saturated rings. The summed E-state index contributed by atoms with van der Waals surface area (Å²) in [5.74, 6) is 0.764. The molecule has 1 N–H and O–H groups in total. The van der Waals surface area contributed by atoms with Gasteiger partial charge in [0.25, 0.3) is 0 Å². The van der Waals surface area contributed by atoms with Crippen molar-refractivity contribution in [3.63, 3.8) is 0 Å². The van der Waals surface area contributed by atoms with Gasteiger partial charge in [0, 0.05) is 22.9 Å². The fourth-order valence-electron chi connectivity index (χ4n) is 4.24. The SMILES string of the molecule is CNC1=C(c2cccc3ccsc23)[C@H]2CC[C@]1(C)C2.Cl. The van der Waals surface area contributed by atoms with Crippen molar-refractivity contribution in [3.8, 4) is 0 Å². The third-order valence-corrected chi connectivity index (χ3v) is 6.01. The van der Waals surface area contributed by atoms with Crippen LogP contribution in [0, 0.1) is 11.3 Å². The minimum atomic E-state index is 0. The number of benzene rings is 1. The molecule has 2 bridgehead atoms. The van der Waals surface area contributed by atoms with Crippen molar-refractivity contribution >= 4 is 39.4 Å².